The fraction of sp³-hybridized carbons (Fsp3) is 0.636. The number of rotatable bonds is 4. The Hall–Kier alpha value is -1.56. The Morgan fingerprint density at radius 2 is 2.35 bits per heavy atom. The summed E-state index contributed by atoms with van der Waals surface area (Å²) >= 11 is 0. The van der Waals surface area contributed by atoms with E-state index in [4.69, 9.17) is 5.73 Å². The molecule has 1 heterocycles. The second kappa shape index (κ2) is 4.37. The summed E-state index contributed by atoms with van der Waals surface area (Å²) in [6.45, 7) is 0.650. The first-order chi connectivity index (χ1) is 8.05. The average Bonchev–Trinajstić information content (AvgIpc) is 2.62. The summed E-state index contributed by atoms with van der Waals surface area (Å²) in [7, 11) is 4.10. The van der Waals surface area contributed by atoms with E-state index in [2.05, 4.69) is 34.5 Å². The van der Waals surface area contributed by atoms with Gasteiger partial charge in [-0.25, -0.2) is 0 Å². The number of carbonyl (C=O) groups is 1. The summed E-state index contributed by atoms with van der Waals surface area (Å²) in [6, 6.07) is 0. The van der Waals surface area contributed by atoms with E-state index in [9.17, 15) is 4.79 Å². The number of carbonyl (C=O) groups excluding carboxylic acids is 1. The van der Waals surface area contributed by atoms with Gasteiger partial charge in [0.15, 0.2) is 0 Å². The number of anilines is 1. The van der Waals surface area contributed by atoms with Crippen molar-refractivity contribution in [2.75, 3.05) is 26.4 Å². The summed E-state index contributed by atoms with van der Waals surface area (Å²) in [5, 5.41) is 9.26. The molecule has 1 aliphatic rings. The molecule has 1 aliphatic carbocycles. The smallest absolute Gasteiger partial charge is 0.271 e. The number of nitrogens with two attached hydrogens (primary N) is 1. The maximum Gasteiger partial charge on any atom is 0.271 e. The Morgan fingerprint density at radius 1 is 1.65 bits per heavy atom. The molecule has 17 heavy (non-hydrogen) atoms. The minimum Gasteiger partial charge on any atom is -0.396 e. The summed E-state index contributed by atoms with van der Waals surface area (Å²) in [6.07, 6.45) is 4.91. The molecule has 0 saturated heterocycles. The zero-order valence-electron chi connectivity index (χ0n) is 10.3. The quantitative estimate of drug-likeness (QED) is 0.698. The van der Waals surface area contributed by atoms with Gasteiger partial charge in [-0.1, -0.05) is 0 Å². The van der Waals surface area contributed by atoms with Crippen LogP contribution in [0.1, 0.15) is 29.8 Å². The maximum atomic E-state index is 11.9. The Labute approximate surface area is 101 Å². The van der Waals surface area contributed by atoms with Gasteiger partial charge in [0.2, 0.25) is 0 Å². The zero-order chi connectivity index (χ0) is 12.5. The third-order valence-electron chi connectivity index (χ3n) is 3.71. The average molecular weight is 237 g/mol. The Bertz CT molecular complexity index is 408. The molecule has 1 aromatic rings. The number of H-pyrrole nitrogens is 1. The van der Waals surface area contributed by atoms with Crippen LogP contribution in [0.25, 0.3) is 0 Å². The number of hydrogen-bond donors (Lipinski definition) is 3. The van der Waals surface area contributed by atoms with Crippen LogP contribution in [0.15, 0.2) is 6.20 Å². The highest BCUT2D eigenvalue weighted by atomic mass is 16.2. The van der Waals surface area contributed by atoms with Gasteiger partial charge >= 0.3 is 0 Å². The second-order valence-corrected chi connectivity index (χ2v) is 4.86. The topological polar surface area (TPSA) is 87.0 Å². The molecule has 4 N–H and O–H groups in total. The fourth-order valence-electron chi connectivity index (χ4n) is 2.18. The number of nitrogens with zero attached hydrogens (tertiary/aromatic N) is 2. The molecule has 1 saturated carbocycles. The minimum absolute atomic E-state index is 0.116. The van der Waals surface area contributed by atoms with E-state index in [-0.39, 0.29) is 11.4 Å². The first kappa shape index (κ1) is 11.9. The maximum absolute atomic E-state index is 11.9. The summed E-state index contributed by atoms with van der Waals surface area (Å²) in [5.41, 5.74) is 6.47. The van der Waals surface area contributed by atoms with Gasteiger partial charge in [0.05, 0.1) is 11.9 Å². The monoisotopic (exact) mass is 237 g/mol. The van der Waals surface area contributed by atoms with Crippen molar-refractivity contribution in [3.05, 3.63) is 11.9 Å². The normalized spacial score (nSPS) is 17.8. The van der Waals surface area contributed by atoms with Crippen LogP contribution in [0.2, 0.25) is 0 Å². The van der Waals surface area contributed by atoms with E-state index < -0.39 is 0 Å². The van der Waals surface area contributed by atoms with Crippen LogP contribution in [0, 0.1) is 0 Å². The number of likely N-dealkylation sites (N-methyl/N-ethyl adjacent to an activating group) is 1. The number of amides is 1. The van der Waals surface area contributed by atoms with Crippen molar-refractivity contribution in [2.24, 2.45) is 0 Å². The van der Waals surface area contributed by atoms with E-state index in [0.29, 0.717) is 17.9 Å². The molecule has 6 nitrogen and oxygen atoms in total. The van der Waals surface area contributed by atoms with Crippen molar-refractivity contribution in [3.63, 3.8) is 0 Å². The van der Waals surface area contributed by atoms with Gasteiger partial charge in [0, 0.05) is 12.1 Å². The van der Waals surface area contributed by atoms with Gasteiger partial charge in [-0.05, 0) is 33.4 Å². The molecule has 1 aromatic heterocycles. The predicted octanol–water partition coefficient (Wildman–Crippen LogP) is 0.206. The number of aromatic amines is 1. The number of aromatic nitrogens is 2. The highest BCUT2D eigenvalue weighted by Crippen LogP contribution is 2.35. The molecule has 1 amide bonds. The van der Waals surface area contributed by atoms with E-state index in [1.54, 1.807) is 0 Å². The van der Waals surface area contributed by atoms with E-state index in [1.165, 1.54) is 12.6 Å². The summed E-state index contributed by atoms with van der Waals surface area (Å²) in [5.74, 6) is -0.187. The van der Waals surface area contributed by atoms with Gasteiger partial charge in [-0.15, -0.1) is 0 Å². The van der Waals surface area contributed by atoms with Crippen molar-refractivity contribution >= 4 is 11.6 Å². The van der Waals surface area contributed by atoms with Crippen LogP contribution < -0.4 is 11.1 Å². The van der Waals surface area contributed by atoms with Gasteiger partial charge in [-0.2, -0.15) is 5.10 Å². The Balaban J connectivity index is 1.94. The van der Waals surface area contributed by atoms with Crippen molar-refractivity contribution < 1.29 is 4.79 Å². The van der Waals surface area contributed by atoms with Gasteiger partial charge in [-0.3, -0.25) is 9.89 Å². The van der Waals surface area contributed by atoms with E-state index in [0.717, 1.165) is 12.8 Å². The molecule has 6 heteroatoms. The van der Waals surface area contributed by atoms with Gasteiger partial charge in [0.25, 0.3) is 5.91 Å². The molecule has 0 bridgehead atoms. The third-order valence-corrected chi connectivity index (χ3v) is 3.71. The fourth-order valence-corrected chi connectivity index (χ4v) is 2.18. The molecule has 0 aliphatic heterocycles. The lowest BCUT2D eigenvalue weighted by Crippen LogP contribution is -2.57. The van der Waals surface area contributed by atoms with E-state index in [1.807, 2.05) is 0 Å². The van der Waals surface area contributed by atoms with Crippen LogP contribution in [0.5, 0.6) is 0 Å². The molecule has 0 spiro atoms. The molecule has 0 radical (unpaired) electrons. The highest BCUT2D eigenvalue weighted by molar-refractivity contribution is 5.96. The Morgan fingerprint density at radius 3 is 2.76 bits per heavy atom. The lowest BCUT2D eigenvalue weighted by atomic mass is 9.75. The SMILES string of the molecule is CN(C)C1(CNC(=O)c2[nH]ncc2N)CCC1. The predicted molar refractivity (Wildman–Crippen MR) is 65.6 cm³/mol. The number of hydrogen-bond acceptors (Lipinski definition) is 4. The molecular formula is C11H19N5O. The molecule has 2 rings (SSSR count). The lowest BCUT2D eigenvalue weighted by molar-refractivity contribution is 0.0556. The van der Waals surface area contributed by atoms with Crippen LogP contribution in [-0.2, 0) is 0 Å². The molecule has 0 atom stereocenters. The molecule has 94 valence electrons. The molecule has 0 aromatic carbocycles. The summed E-state index contributed by atoms with van der Waals surface area (Å²) in [4.78, 5) is 14.0. The van der Waals surface area contributed by atoms with E-state index >= 15 is 0 Å². The van der Waals surface area contributed by atoms with Crippen LogP contribution in [-0.4, -0.2) is 47.2 Å². The molecule has 1 fully saturated rings. The van der Waals surface area contributed by atoms with Crippen LogP contribution in [0.3, 0.4) is 0 Å². The van der Waals surface area contributed by atoms with Crippen LogP contribution >= 0.6 is 0 Å². The van der Waals surface area contributed by atoms with Crippen molar-refractivity contribution in [1.82, 2.24) is 20.4 Å². The lowest BCUT2D eigenvalue weighted by Gasteiger charge is -2.47. The summed E-state index contributed by atoms with van der Waals surface area (Å²) < 4.78 is 0. The van der Waals surface area contributed by atoms with Crippen LogP contribution in [0.4, 0.5) is 5.69 Å². The third kappa shape index (κ3) is 2.12. The standard InChI is InChI=1S/C11H19N5O/c1-16(2)11(4-3-5-11)7-13-10(17)9-8(12)6-14-15-9/h6H,3-5,7,12H2,1-2H3,(H,13,17)(H,14,15). The van der Waals surface area contributed by atoms with Crippen molar-refractivity contribution in [1.29, 1.82) is 0 Å². The van der Waals surface area contributed by atoms with Crippen molar-refractivity contribution in [3.8, 4) is 0 Å². The number of nitrogen functional groups attached to an aromatic ring is 1. The molecule has 0 unspecified atom stereocenters. The zero-order valence-corrected chi connectivity index (χ0v) is 10.3. The minimum atomic E-state index is -0.187. The number of nitrogens with one attached hydrogen (secondary N) is 2. The second-order valence-electron chi connectivity index (χ2n) is 4.86. The van der Waals surface area contributed by atoms with Gasteiger partial charge < -0.3 is 16.0 Å². The highest BCUT2D eigenvalue weighted by Gasteiger charge is 2.39. The van der Waals surface area contributed by atoms with Crippen molar-refractivity contribution in [2.45, 2.75) is 24.8 Å². The molecular weight excluding hydrogens is 218 g/mol. The first-order valence-electron chi connectivity index (χ1n) is 5.80. The first-order valence-corrected chi connectivity index (χ1v) is 5.80. The van der Waals surface area contributed by atoms with Gasteiger partial charge in [0.1, 0.15) is 5.69 Å². The Kier molecular flexibility index (Phi) is 3.06. The largest absolute Gasteiger partial charge is 0.396 e.